The highest BCUT2D eigenvalue weighted by Crippen LogP contribution is 2.42. The van der Waals surface area contributed by atoms with Gasteiger partial charge in [0.25, 0.3) is 0 Å². The van der Waals surface area contributed by atoms with Gasteiger partial charge in [-0.2, -0.15) is 5.10 Å². The molecule has 1 saturated carbocycles. The van der Waals surface area contributed by atoms with E-state index < -0.39 is 0 Å². The molecule has 3 N–H and O–H groups in total. The van der Waals surface area contributed by atoms with Crippen LogP contribution >= 0.6 is 11.3 Å². The molecule has 4 aromatic rings. The summed E-state index contributed by atoms with van der Waals surface area (Å²) in [6.45, 7) is 2.93. The number of rotatable bonds is 6. The van der Waals surface area contributed by atoms with E-state index in [1.54, 1.807) is 17.7 Å². The van der Waals surface area contributed by atoms with Crippen LogP contribution in [-0.4, -0.2) is 48.8 Å². The molecular weight excluding hydrogens is 420 g/mol. The molecule has 2 fully saturated rings. The molecule has 9 heteroatoms. The minimum atomic E-state index is 0.332. The molecule has 1 aliphatic heterocycles. The molecule has 1 saturated heterocycles. The molecule has 1 aromatic carbocycles. The number of anilines is 2. The van der Waals surface area contributed by atoms with Crippen LogP contribution in [0.2, 0.25) is 0 Å². The Hall–Kier alpha value is -2.88. The number of nitrogens with one attached hydrogen (secondary N) is 1. The Balaban J connectivity index is 1.26. The number of likely N-dealkylation sites (tertiary alicyclic amines) is 1. The third-order valence-electron chi connectivity index (χ3n) is 6.30. The second-order valence-corrected chi connectivity index (χ2v) is 9.79. The topological polar surface area (TPSA) is 97.3 Å². The van der Waals surface area contributed by atoms with E-state index in [1.807, 2.05) is 16.8 Å². The van der Waals surface area contributed by atoms with Gasteiger partial charge in [-0.05, 0) is 62.5 Å². The van der Waals surface area contributed by atoms with Crippen molar-refractivity contribution in [3.05, 3.63) is 53.4 Å². The molecule has 6 rings (SSSR count). The molecule has 1 aliphatic carbocycles. The zero-order valence-corrected chi connectivity index (χ0v) is 18.6. The molecule has 3 aromatic heterocycles. The molecule has 0 amide bonds. The molecule has 164 valence electrons. The molecule has 0 spiro atoms. The quantitative estimate of drug-likeness (QED) is 0.465. The minimum absolute atomic E-state index is 0.332. The number of hydrogen-bond donors (Lipinski definition) is 2. The van der Waals surface area contributed by atoms with Crippen molar-refractivity contribution < 1.29 is 0 Å². The van der Waals surface area contributed by atoms with Crippen molar-refractivity contribution in [2.75, 3.05) is 18.4 Å². The number of nitrogens with zero attached hydrogens (tertiary/aromatic N) is 6. The zero-order valence-electron chi connectivity index (χ0n) is 17.8. The first-order valence-corrected chi connectivity index (χ1v) is 12.0. The third-order valence-corrected chi connectivity index (χ3v) is 7.44. The normalized spacial score (nSPS) is 17.8. The van der Waals surface area contributed by atoms with E-state index in [0.29, 0.717) is 12.0 Å². The van der Waals surface area contributed by atoms with Crippen LogP contribution in [0.15, 0.2) is 42.9 Å². The van der Waals surface area contributed by atoms with Crippen LogP contribution in [0.1, 0.15) is 42.2 Å². The smallest absolute Gasteiger partial charge is 0.158 e. The molecule has 0 atom stereocenters. The van der Waals surface area contributed by atoms with Gasteiger partial charge in [-0.3, -0.25) is 4.90 Å². The number of hydrogen-bond acceptors (Lipinski definition) is 8. The molecule has 0 unspecified atom stereocenters. The minimum Gasteiger partial charge on any atom is -0.338 e. The predicted molar refractivity (Wildman–Crippen MR) is 126 cm³/mol. The van der Waals surface area contributed by atoms with Crippen LogP contribution < -0.4 is 11.1 Å². The van der Waals surface area contributed by atoms with E-state index in [-0.39, 0.29) is 0 Å². The van der Waals surface area contributed by atoms with Gasteiger partial charge in [-0.1, -0.05) is 23.5 Å². The van der Waals surface area contributed by atoms with Crippen LogP contribution in [0.5, 0.6) is 0 Å². The maximum Gasteiger partial charge on any atom is 0.158 e. The van der Waals surface area contributed by atoms with Crippen LogP contribution in [0.3, 0.4) is 0 Å². The zero-order chi connectivity index (χ0) is 21.5. The number of benzene rings is 1. The standard InChI is InChI=1S/C23H26N8S/c24-18-7-9-30(10-8-18)13-17-6-11-31-20(17)21(25-14-26-31)27-19-3-1-2-16(12-19)23-29-28-22(32-23)15-4-5-15/h1-3,6,11-12,14-15,18H,4-5,7-10,13,24H2,(H,25,26,27). The van der Waals surface area contributed by atoms with E-state index in [9.17, 15) is 0 Å². The van der Waals surface area contributed by atoms with Gasteiger partial charge in [0.2, 0.25) is 0 Å². The Morgan fingerprint density at radius 2 is 1.97 bits per heavy atom. The summed E-state index contributed by atoms with van der Waals surface area (Å²) < 4.78 is 1.90. The first-order chi connectivity index (χ1) is 15.7. The molecular formula is C23H26N8S. The highest BCUT2D eigenvalue weighted by molar-refractivity contribution is 7.14. The summed E-state index contributed by atoms with van der Waals surface area (Å²) in [4.78, 5) is 7.03. The number of nitrogens with two attached hydrogens (primary N) is 1. The Bertz CT molecular complexity index is 1240. The van der Waals surface area contributed by atoms with Crippen LogP contribution in [0, 0.1) is 0 Å². The van der Waals surface area contributed by atoms with Gasteiger partial charge in [0.1, 0.15) is 21.9 Å². The van der Waals surface area contributed by atoms with Gasteiger partial charge in [0, 0.05) is 36.0 Å². The summed E-state index contributed by atoms with van der Waals surface area (Å²) in [6, 6.07) is 10.8. The van der Waals surface area contributed by atoms with Crippen molar-refractivity contribution in [3.63, 3.8) is 0 Å². The van der Waals surface area contributed by atoms with E-state index in [2.05, 4.69) is 54.8 Å². The molecule has 0 radical (unpaired) electrons. The average Bonchev–Trinajstić information content (AvgIpc) is 3.39. The highest BCUT2D eigenvalue weighted by Gasteiger charge is 2.27. The third kappa shape index (κ3) is 3.99. The molecule has 4 heterocycles. The Labute approximate surface area is 190 Å². The van der Waals surface area contributed by atoms with Gasteiger partial charge in [-0.25, -0.2) is 9.50 Å². The van der Waals surface area contributed by atoms with Crippen molar-refractivity contribution in [1.82, 2.24) is 29.7 Å². The number of fused-ring (bicyclic) bond motifs is 1. The fraction of sp³-hybridized carbons (Fsp3) is 0.391. The van der Waals surface area contributed by atoms with E-state index in [0.717, 1.165) is 65.1 Å². The summed E-state index contributed by atoms with van der Waals surface area (Å²) in [5.74, 6) is 1.43. The molecule has 2 aliphatic rings. The second-order valence-electron chi connectivity index (χ2n) is 8.78. The lowest BCUT2D eigenvalue weighted by molar-refractivity contribution is 0.206. The summed E-state index contributed by atoms with van der Waals surface area (Å²) in [7, 11) is 0. The van der Waals surface area contributed by atoms with Crippen LogP contribution in [-0.2, 0) is 6.54 Å². The van der Waals surface area contributed by atoms with Gasteiger partial charge in [0.05, 0.1) is 0 Å². The molecule has 32 heavy (non-hydrogen) atoms. The van der Waals surface area contributed by atoms with Crippen molar-refractivity contribution in [1.29, 1.82) is 0 Å². The lowest BCUT2D eigenvalue weighted by Gasteiger charge is -2.29. The first kappa shape index (κ1) is 19.8. The van der Waals surface area contributed by atoms with Crippen molar-refractivity contribution in [3.8, 4) is 10.6 Å². The predicted octanol–water partition coefficient (Wildman–Crippen LogP) is 3.79. The lowest BCUT2D eigenvalue weighted by atomic mass is 10.1. The second kappa shape index (κ2) is 8.23. The largest absolute Gasteiger partial charge is 0.338 e. The summed E-state index contributed by atoms with van der Waals surface area (Å²) in [6.07, 6.45) is 8.18. The fourth-order valence-corrected chi connectivity index (χ4v) is 5.31. The lowest BCUT2D eigenvalue weighted by Crippen LogP contribution is -2.39. The number of piperidine rings is 1. The average molecular weight is 447 g/mol. The SMILES string of the molecule is NC1CCN(Cc2ccn3ncnc(Nc4cccc(-c5nnc(C6CC6)s5)c4)c23)CC1. The Morgan fingerprint density at radius 1 is 1.09 bits per heavy atom. The summed E-state index contributed by atoms with van der Waals surface area (Å²) in [5, 5.41) is 18.9. The Kier molecular flexibility index (Phi) is 5.09. The molecule has 0 bridgehead atoms. The number of aromatic nitrogens is 5. The monoisotopic (exact) mass is 446 g/mol. The van der Waals surface area contributed by atoms with Crippen molar-refractivity contribution in [2.24, 2.45) is 5.73 Å². The fourth-order valence-electron chi connectivity index (χ4n) is 4.30. The summed E-state index contributed by atoms with van der Waals surface area (Å²) >= 11 is 1.70. The highest BCUT2D eigenvalue weighted by atomic mass is 32.1. The maximum absolute atomic E-state index is 6.08. The van der Waals surface area contributed by atoms with Crippen molar-refractivity contribution >= 4 is 28.4 Å². The van der Waals surface area contributed by atoms with E-state index in [1.165, 1.54) is 18.4 Å². The van der Waals surface area contributed by atoms with Crippen LogP contribution in [0.4, 0.5) is 11.5 Å². The van der Waals surface area contributed by atoms with Gasteiger partial charge in [-0.15, -0.1) is 10.2 Å². The van der Waals surface area contributed by atoms with E-state index in [4.69, 9.17) is 5.73 Å². The van der Waals surface area contributed by atoms with Crippen LogP contribution in [0.25, 0.3) is 16.1 Å². The van der Waals surface area contributed by atoms with Gasteiger partial charge < -0.3 is 11.1 Å². The van der Waals surface area contributed by atoms with Crippen molar-refractivity contribution in [2.45, 2.75) is 44.2 Å². The van der Waals surface area contributed by atoms with Gasteiger partial charge >= 0.3 is 0 Å². The molecule has 8 nitrogen and oxygen atoms in total. The first-order valence-electron chi connectivity index (χ1n) is 11.2. The van der Waals surface area contributed by atoms with Gasteiger partial charge in [0.15, 0.2) is 5.82 Å². The summed E-state index contributed by atoms with van der Waals surface area (Å²) in [5.41, 5.74) is 10.4. The maximum atomic E-state index is 6.08. The van der Waals surface area contributed by atoms with E-state index >= 15 is 0 Å². The Morgan fingerprint density at radius 3 is 2.81 bits per heavy atom.